The number of hydrogen-bond acceptors (Lipinski definition) is 5. The summed E-state index contributed by atoms with van der Waals surface area (Å²) in [6.07, 6.45) is 0.954. The number of benzene rings is 2. The summed E-state index contributed by atoms with van der Waals surface area (Å²) in [7, 11) is -2.03. The van der Waals surface area contributed by atoms with E-state index in [1.807, 2.05) is 35.9 Å². The molecule has 9 nitrogen and oxygen atoms in total. The van der Waals surface area contributed by atoms with Gasteiger partial charge in [-0.15, -0.1) is 0 Å². The third-order valence-electron chi connectivity index (χ3n) is 5.73. The van der Waals surface area contributed by atoms with Gasteiger partial charge in [-0.3, -0.25) is 20.4 Å². The molecule has 0 saturated carbocycles. The summed E-state index contributed by atoms with van der Waals surface area (Å²) in [5, 5.41) is 0. The zero-order valence-corrected chi connectivity index (χ0v) is 18.8. The van der Waals surface area contributed by atoms with Gasteiger partial charge in [0.15, 0.2) is 0 Å². The number of rotatable bonds is 5. The van der Waals surface area contributed by atoms with Crippen LogP contribution in [0.25, 0.3) is 11.0 Å². The van der Waals surface area contributed by atoms with E-state index in [2.05, 4.69) is 15.8 Å². The number of fused-ring (bicyclic) bond motifs is 1. The molecule has 1 aliphatic rings. The van der Waals surface area contributed by atoms with Crippen LogP contribution < -0.4 is 10.9 Å². The minimum Gasteiger partial charge on any atom is -0.331 e. The summed E-state index contributed by atoms with van der Waals surface area (Å²) in [6, 6.07) is 12.1. The number of piperidine rings is 1. The number of halogens is 1. The topological polar surface area (TPSA) is 113 Å². The summed E-state index contributed by atoms with van der Waals surface area (Å²) < 4.78 is 41.8. The molecule has 1 aliphatic heterocycles. The Balaban J connectivity index is 1.34. The van der Waals surface area contributed by atoms with Crippen LogP contribution in [-0.2, 0) is 33.1 Å². The van der Waals surface area contributed by atoms with E-state index in [4.69, 9.17) is 0 Å². The molecule has 2 aromatic carbocycles. The van der Waals surface area contributed by atoms with Crippen LogP contribution in [0, 0.1) is 11.7 Å². The van der Waals surface area contributed by atoms with E-state index < -0.39 is 33.6 Å². The smallest absolute Gasteiger partial charge is 0.245 e. The van der Waals surface area contributed by atoms with Gasteiger partial charge in [-0.05, 0) is 49.2 Å². The zero-order chi connectivity index (χ0) is 23.6. The predicted octanol–water partition coefficient (Wildman–Crippen LogP) is 1.50. The van der Waals surface area contributed by atoms with Crippen LogP contribution in [0.1, 0.15) is 18.7 Å². The van der Waals surface area contributed by atoms with Crippen molar-refractivity contribution in [3.63, 3.8) is 0 Å². The Morgan fingerprint density at radius 2 is 1.85 bits per heavy atom. The maximum Gasteiger partial charge on any atom is 0.245 e. The number of para-hydroxylation sites is 2. The number of carbonyl (C=O) groups excluding carboxylic acids is 2. The van der Waals surface area contributed by atoms with Crippen LogP contribution in [0.3, 0.4) is 0 Å². The van der Waals surface area contributed by atoms with Crippen LogP contribution in [0.15, 0.2) is 53.4 Å². The number of carbonyl (C=O) groups is 2. The van der Waals surface area contributed by atoms with Crippen LogP contribution in [-0.4, -0.2) is 47.2 Å². The van der Waals surface area contributed by atoms with Gasteiger partial charge in [0, 0.05) is 20.1 Å². The number of aryl methyl sites for hydroxylation is 1. The van der Waals surface area contributed by atoms with E-state index in [1.54, 1.807) is 0 Å². The van der Waals surface area contributed by atoms with Crippen molar-refractivity contribution in [1.29, 1.82) is 0 Å². The lowest BCUT2D eigenvalue weighted by Gasteiger charge is -2.31. The van der Waals surface area contributed by atoms with Crippen molar-refractivity contribution in [3.8, 4) is 0 Å². The Morgan fingerprint density at radius 1 is 1.12 bits per heavy atom. The fourth-order valence-corrected chi connectivity index (χ4v) is 5.43. The molecule has 1 atom stereocenters. The van der Waals surface area contributed by atoms with Crippen molar-refractivity contribution in [2.24, 2.45) is 13.0 Å². The van der Waals surface area contributed by atoms with E-state index in [0.29, 0.717) is 18.7 Å². The molecule has 11 heteroatoms. The van der Waals surface area contributed by atoms with Gasteiger partial charge in [-0.2, -0.15) is 4.31 Å². The average molecular weight is 474 g/mol. The molecule has 33 heavy (non-hydrogen) atoms. The van der Waals surface area contributed by atoms with Gasteiger partial charge in [0.2, 0.25) is 21.8 Å². The van der Waals surface area contributed by atoms with Crippen LogP contribution in [0.2, 0.25) is 0 Å². The van der Waals surface area contributed by atoms with Gasteiger partial charge in [0.05, 0.1) is 28.3 Å². The van der Waals surface area contributed by atoms with Gasteiger partial charge in [-0.25, -0.2) is 17.8 Å². The Kier molecular flexibility index (Phi) is 6.43. The molecule has 2 N–H and O–H groups in total. The van der Waals surface area contributed by atoms with E-state index in [9.17, 15) is 22.4 Å². The third kappa shape index (κ3) is 4.88. The summed E-state index contributed by atoms with van der Waals surface area (Å²) in [5.41, 5.74) is 6.46. The van der Waals surface area contributed by atoms with Crippen LogP contribution in [0.4, 0.5) is 4.39 Å². The Bertz CT molecular complexity index is 1290. The van der Waals surface area contributed by atoms with Gasteiger partial charge >= 0.3 is 0 Å². The molecule has 0 spiro atoms. The quantitative estimate of drug-likeness (QED) is 0.546. The lowest BCUT2D eigenvalue weighted by Crippen LogP contribution is -2.50. The van der Waals surface area contributed by atoms with Crippen LogP contribution >= 0.6 is 0 Å². The molecule has 1 saturated heterocycles. The molecule has 3 aromatic rings. The zero-order valence-electron chi connectivity index (χ0n) is 18.0. The molecule has 1 fully saturated rings. The first kappa shape index (κ1) is 22.9. The maximum absolute atomic E-state index is 13.1. The highest BCUT2D eigenvalue weighted by Crippen LogP contribution is 2.24. The second-order valence-corrected chi connectivity index (χ2v) is 9.88. The van der Waals surface area contributed by atoms with Crippen molar-refractivity contribution < 1.29 is 22.4 Å². The summed E-state index contributed by atoms with van der Waals surface area (Å²) in [5.74, 6) is -1.50. The highest BCUT2D eigenvalue weighted by molar-refractivity contribution is 7.89. The van der Waals surface area contributed by atoms with E-state index in [1.165, 1.54) is 16.4 Å². The minimum atomic E-state index is -3.85. The lowest BCUT2D eigenvalue weighted by molar-refractivity contribution is -0.131. The first-order chi connectivity index (χ1) is 15.8. The van der Waals surface area contributed by atoms with Crippen LogP contribution in [0.5, 0.6) is 0 Å². The number of hydrogen-bond donors (Lipinski definition) is 2. The summed E-state index contributed by atoms with van der Waals surface area (Å²) >= 11 is 0. The lowest BCUT2D eigenvalue weighted by atomic mass is 9.99. The third-order valence-corrected chi connectivity index (χ3v) is 7.61. The number of nitrogens with one attached hydrogen (secondary N) is 2. The number of amides is 2. The average Bonchev–Trinajstić information content (AvgIpc) is 3.13. The first-order valence-corrected chi connectivity index (χ1v) is 11.9. The van der Waals surface area contributed by atoms with Crippen molar-refractivity contribution in [2.75, 3.05) is 13.1 Å². The molecule has 2 heterocycles. The number of hydrazine groups is 1. The summed E-state index contributed by atoms with van der Waals surface area (Å²) in [6.45, 7) is 0.245. The van der Waals surface area contributed by atoms with Crippen molar-refractivity contribution >= 4 is 32.9 Å². The van der Waals surface area contributed by atoms with Crippen molar-refractivity contribution in [3.05, 3.63) is 60.2 Å². The number of sulfonamides is 1. The van der Waals surface area contributed by atoms with Gasteiger partial charge < -0.3 is 4.57 Å². The van der Waals surface area contributed by atoms with Crippen molar-refractivity contribution in [1.82, 2.24) is 24.7 Å². The van der Waals surface area contributed by atoms with Gasteiger partial charge in [0.1, 0.15) is 11.6 Å². The highest BCUT2D eigenvalue weighted by atomic mass is 32.2. The second-order valence-electron chi connectivity index (χ2n) is 7.95. The summed E-state index contributed by atoms with van der Waals surface area (Å²) in [4.78, 5) is 29.4. The molecule has 4 rings (SSSR count). The molecule has 1 aromatic heterocycles. The molecule has 174 valence electrons. The fraction of sp³-hybridized carbons (Fsp3) is 0.318. The molecule has 2 amide bonds. The fourth-order valence-electron chi connectivity index (χ4n) is 3.91. The van der Waals surface area contributed by atoms with Gasteiger partial charge in [0.25, 0.3) is 0 Å². The number of imidazole rings is 1. The second kappa shape index (κ2) is 9.28. The SMILES string of the molecule is Cn1c(CC(=O)NNC(=O)C2CCCN(S(=O)(=O)c3ccc(F)cc3)C2)nc2ccccc21. The first-order valence-electron chi connectivity index (χ1n) is 10.5. The standard InChI is InChI=1S/C22H24FN5O4S/c1-27-19-7-3-2-6-18(19)24-20(27)13-21(29)25-26-22(30)15-5-4-12-28(14-15)33(31,32)17-10-8-16(23)9-11-17/h2-3,6-11,15H,4-5,12-14H2,1H3,(H,25,29)(H,26,30). The molecular weight excluding hydrogens is 449 g/mol. The van der Waals surface area contributed by atoms with E-state index in [-0.39, 0.29) is 24.4 Å². The molecule has 0 radical (unpaired) electrons. The van der Waals surface area contributed by atoms with E-state index >= 15 is 0 Å². The number of nitrogens with zero attached hydrogens (tertiary/aromatic N) is 3. The highest BCUT2D eigenvalue weighted by Gasteiger charge is 2.33. The minimum absolute atomic E-state index is 0.0217. The van der Waals surface area contributed by atoms with E-state index in [0.717, 1.165) is 23.2 Å². The Hall–Kier alpha value is -3.31. The molecule has 0 bridgehead atoms. The normalized spacial score (nSPS) is 17.1. The Morgan fingerprint density at radius 3 is 2.58 bits per heavy atom. The monoisotopic (exact) mass is 473 g/mol. The molecule has 0 aliphatic carbocycles. The largest absolute Gasteiger partial charge is 0.331 e. The van der Waals surface area contributed by atoms with Crippen molar-refractivity contribution in [2.45, 2.75) is 24.2 Å². The maximum atomic E-state index is 13.1. The molecular formula is C22H24FN5O4S. The number of aromatic nitrogens is 2. The Labute approximate surface area is 190 Å². The van der Waals surface area contributed by atoms with Gasteiger partial charge in [-0.1, -0.05) is 12.1 Å². The predicted molar refractivity (Wildman–Crippen MR) is 119 cm³/mol. The molecule has 1 unspecified atom stereocenters.